The van der Waals surface area contributed by atoms with Crippen LogP contribution in [0.3, 0.4) is 0 Å². The van der Waals surface area contributed by atoms with E-state index in [0.29, 0.717) is 21.5 Å². The Morgan fingerprint density at radius 1 is 1.00 bits per heavy atom. The molecule has 0 heterocycles. The average Bonchev–Trinajstić information content (AvgIpc) is 2.44. The second-order valence-corrected chi connectivity index (χ2v) is 6.59. The Bertz CT molecular complexity index is 686. The standard InChI is InChI=1S/C17H18Cl2FNO/c1-17(2,21(3)4)13-9-11(20)5-8-16(13)22-12-6-7-14(18)15(19)10-12/h5-10H,1-4H3. The molecule has 0 fully saturated rings. The fraction of sp³-hybridized carbons (Fsp3) is 0.294. The highest BCUT2D eigenvalue weighted by Crippen LogP contribution is 2.37. The summed E-state index contributed by atoms with van der Waals surface area (Å²) >= 11 is 11.9. The number of rotatable bonds is 4. The molecule has 2 nitrogen and oxygen atoms in total. The fourth-order valence-corrected chi connectivity index (χ4v) is 2.27. The summed E-state index contributed by atoms with van der Waals surface area (Å²) < 4.78 is 19.6. The van der Waals surface area contributed by atoms with Crippen LogP contribution in [-0.2, 0) is 5.54 Å². The first-order chi connectivity index (χ1) is 10.2. The summed E-state index contributed by atoms with van der Waals surface area (Å²) in [7, 11) is 3.88. The van der Waals surface area contributed by atoms with E-state index in [0.717, 1.165) is 5.56 Å². The van der Waals surface area contributed by atoms with E-state index >= 15 is 0 Å². The van der Waals surface area contributed by atoms with Gasteiger partial charge >= 0.3 is 0 Å². The number of benzene rings is 2. The highest BCUT2D eigenvalue weighted by Gasteiger charge is 2.27. The third-order valence-electron chi connectivity index (χ3n) is 3.84. The van der Waals surface area contributed by atoms with E-state index in [9.17, 15) is 4.39 Å². The van der Waals surface area contributed by atoms with Gasteiger partial charge in [0.05, 0.1) is 10.0 Å². The van der Waals surface area contributed by atoms with Crippen LogP contribution >= 0.6 is 23.2 Å². The molecule has 0 saturated heterocycles. The van der Waals surface area contributed by atoms with E-state index < -0.39 is 5.54 Å². The van der Waals surface area contributed by atoms with Crippen molar-refractivity contribution < 1.29 is 9.13 Å². The van der Waals surface area contributed by atoms with Crippen LogP contribution in [0.25, 0.3) is 0 Å². The number of ether oxygens (including phenoxy) is 1. The predicted octanol–water partition coefficient (Wildman–Crippen LogP) is 5.72. The Balaban J connectivity index is 2.45. The number of halogens is 3. The van der Waals surface area contributed by atoms with Crippen LogP contribution in [0.15, 0.2) is 36.4 Å². The Morgan fingerprint density at radius 2 is 1.68 bits per heavy atom. The summed E-state index contributed by atoms with van der Waals surface area (Å²) in [5.41, 5.74) is 0.358. The first-order valence-electron chi connectivity index (χ1n) is 6.82. The minimum atomic E-state index is -0.395. The van der Waals surface area contributed by atoms with Crippen LogP contribution in [0.1, 0.15) is 19.4 Å². The van der Waals surface area contributed by atoms with Crippen molar-refractivity contribution in [3.05, 3.63) is 57.8 Å². The van der Waals surface area contributed by atoms with E-state index in [1.54, 1.807) is 24.3 Å². The molecule has 0 spiro atoms. The molecule has 0 aliphatic rings. The van der Waals surface area contributed by atoms with Gasteiger partial charge in [0.2, 0.25) is 0 Å². The van der Waals surface area contributed by atoms with E-state index in [1.165, 1.54) is 12.1 Å². The Kier molecular flexibility index (Phi) is 5.00. The maximum absolute atomic E-state index is 13.7. The molecule has 2 rings (SSSR count). The van der Waals surface area contributed by atoms with Gasteiger partial charge in [-0.05, 0) is 58.3 Å². The number of hydrogen-bond acceptors (Lipinski definition) is 2. The zero-order valence-corrected chi connectivity index (χ0v) is 14.5. The predicted molar refractivity (Wildman–Crippen MR) is 89.6 cm³/mol. The average molecular weight is 342 g/mol. The molecule has 22 heavy (non-hydrogen) atoms. The minimum Gasteiger partial charge on any atom is -0.457 e. The second kappa shape index (κ2) is 6.45. The van der Waals surface area contributed by atoms with Gasteiger partial charge in [-0.2, -0.15) is 0 Å². The van der Waals surface area contributed by atoms with Crippen molar-refractivity contribution in [2.45, 2.75) is 19.4 Å². The van der Waals surface area contributed by atoms with E-state index in [2.05, 4.69) is 0 Å². The molecule has 0 atom stereocenters. The zero-order valence-electron chi connectivity index (χ0n) is 13.0. The Morgan fingerprint density at radius 3 is 2.27 bits per heavy atom. The van der Waals surface area contributed by atoms with Crippen LogP contribution in [-0.4, -0.2) is 19.0 Å². The Hall–Kier alpha value is -1.29. The number of hydrogen-bond donors (Lipinski definition) is 0. The molecule has 5 heteroatoms. The van der Waals surface area contributed by atoms with Crippen molar-refractivity contribution in [3.8, 4) is 11.5 Å². The summed E-state index contributed by atoms with van der Waals surface area (Å²) in [6, 6.07) is 9.52. The van der Waals surface area contributed by atoms with Gasteiger partial charge < -0.3 is 9.64 Å². The molecule has 2 aromatic rings. The van der Waals surface area contributed by atoms with Crippen LogP contribution in [0.2, 0.25) is 10.0 Å². The van der Waals surface area contributed by atoms with Gasteiger partial charge in [-0.3, -0.25) is 0 Å². The minimum absolute atomic E-state index is 0.300. The zero-order chi connectivity index (χ0) is 16.5. The molecule has 118 valence electrons. The summed E-state index contributed by atoms with van der Waals surface area (Å²) in [5.74, 6) is 0.835. The van der Waals surface area contributed by atoms with Crippen molar-refractivity contribution in [1.82, 2.24) is 4.90 Å². The smallest absolute Gasteiger partial charge is 0.132 e. The summed E-state index contributed by atoms with van der Waals surface area (Å²) in [6.45, 7) is 4.01. The quantitative estimate of drug-likeness (QED) is 0.704. The lowest BCUT2D eigenvalue weighted by Crippen LogP contribution is -2.35. The third-order valence-corrected chi connectivity index (χ3v) is 4.58. The molecule has 0 amide bonds. The molecular weight excluding hydrogens is 324 g/mol. The molecule has 0 radical (unpaired) electrons. The highest BCUT2D eigenvalue weighted by atomic mass is 35.5. The monoisotopic (exact) mass is 341 g/mol. The maximum Gasteiger partial charge on any atom is 0.132 e. The molecular formula is C17H18Cl2FNO. The second-order valence-electron chi connectivity index (χ2n) is 5.77. The molecule has 0 N–H and O–H groups in total. The highest BCUT2D eigenvalue weighted by molar-refractivity contribution is 6.42. The molecule has 2 aromatic carbocycles. The van der Waals surface area contributed by atoms with Gasteiger partial charge in [0, 0.05) is 17.2 Å². The van der Waals surface area contributed by atoms with Gasteiger partial charge in [0.1, 0.15) is 17.3 Å². The van der Waals surface area contributed by atoms with Gasteiger partial charge in [-0.15, -0.1) is 0 Å². The summed E-state index contributed by atoms with van der Waals surface area (Å²) in [5, 5.41) is 0.872. The lowest BCUT2D eigenvalue weighted by atomic mass is 9.92. The summed E-state index contributed by atoms with van der Waals surface area (Å²) in [6.07, 6.45) is 0. The van der Waals surface area contributed by atoms with Crippen molar-refractivity contribution in [2.75, 3.05) is 14.1 Å². The first-order valence-corrected chi connectivity index (χ1v) is 7.58. The maximum atomic E-state index is 13.7. The Labute approximate surface area is 140 Å². The van der Waals surface area contributed by atoms with Crippen molar-refractivity contribution in [2.24, 2.45) is 0 Å². The molecule has 0 bridgehead atoms. The molecule has 0 aromatic heterocycles. The first kappa shape index (κ1) is 17.1. The molecule has 0 aliphatic carbocycles. The number of nitrogens with zero attached hydrogens (tertiary/aromatic N) is 1. The largest absolute Gasteiger partial charge is 0.457 e. The third kappa shape index (κ3) is 3.54. The van der Waals surface area contributed by atoms with Gasteiger partial charge in [0.25, 0.3) is 0 Å². The lowest BCUT2D eigenvalue weighted by molar-refractivity contribution is 0.192. The van der Waals surface area contributed by atoms with Crippen molar-refractivity contribution in [3.63, 3.8) is 0 Å². The van der Waals surface area contributed by atoms with Crippen molar-refractivity contribution in [1.29, 1.82) is 0 Å². The van der Waals surface area contributed by atoms with Gasteiger partial charge in [0.15, 0.2) is 0 Å². The van der Waals surface area contributed by atoms with Gasteiger partial charge in [-0.1, -0.05) is 23.2 Å². The van der Waals surface area contributed by atoms with Gasteiger partial charge in [-0.25, -0.2) is 4.39 Å². The van der Waals surface area contributed by atoms with E-state index in [-0.39, 0.29) is 5.82 Å². The van der Waals surface area contributed by atoms with Crippen LogP contribution in [0, 0.1) is 5.82 Å². The van der Waals surface area contributed by atoms with Crippen LogP contribution in [0.4, 0.5) is 4.39 Å². The molecule has 0 unspecified atom stereocenters. The fourth-order valence-electron chi connectivity index (χ4n) is 1.98. The van der Waals surface area contributed by atoms with E-state index in [4.69, 9.17) is 27.9 Å². The summed E-state index contributed by atoms with van der Waals surface area (Å²) in [4.78, 5) is 2.00. The van der Waals surface area contributed by atoms with Crippen molar-refractivity contribution >= 4 is 23.2 Å². The topological polar surface area (TPSA) is 12.5 Å². The normalized spacial score (nSPS) is 11.8. The molecule has 0 saturated carbocycles. The van der Waals surface area contributed by atoms with E-state index in [1.807, 2.05) is 32.8 Å². The van der Waals surface area contributed by atoms with Crippen LogP contribution < -0.4 is 4.74 Å². The lowest BCUT2D eigenvalue weighted by Gasteiger charge is -2.34. The molecule has 0 aliphatic heterocycles. The van der Waals surface area contributed by atoms with Crippen LogP contribution in [0.5, 0.6) is 11.5 Å². The SMILES string of the molecule is CN(C)C(C)(C)c1cc(F)ccc1Oc1ccc(Cl)c(Cl)c1.